The molecular weight excluding hydrogens is 377 g/mol. The van der Waals surface area contributed by atoms with Gasteiger partial charge in [0.15, 0.2) is 0 Å². The van der Waals surface area contributed by atoms with Gasteiger partial charge in [0.25, 0.3) is 0 Å². The third-order valence-electron chi connectivity index (χ3n) is 5.28. The molecule has 0 aliphatic rings. The summed E-state index contributed by atoms with van der Waals surface area (Å²) >= 11 is 0. The topological polar surface area (TPSA) is 57.8 Å². The Kier molecular flexibility index (Phi) is 5.61. The van der Waals surface area contributed by atoms with Gasteiger partial charge in [-0.2, -0.15) is 0 Å². The van der Waals surface area contributed by atoms with Crippen LogP contribution in [0.5, 0.6) is 0 Å². The lowest BCUT2D eigenvalue weighted by molar-refractivity contribution is -0.116. The van der Waals surface area contributed by atoms with Crippen molar-refractivity contribution in [2.75, 3.05) is 5.32 Å². The Morgan fingerprint density at radius 3 is 2.73 bits per heavy atom. The number of pyridine rings is 1. The van der Waals surface area contributed by atoms with Crippen LogP contribution in [0.1, 0.15) is 29.5 Å². The van der Waals surface area contributed by atoms with Crippen molar-refractivity contribution in [2.45, 2.75) is 33.1 Å². The Hall–Kier alpha value is -3.47. The fraction of sp³-hybridized carbons (Fsp3) is 0.200. The summed E-state index contributed by atoms with van der Waals surface area (Å²) < 4.78 is 13.9. The molecule has 4 rings (SSSR count). The first-order valence-corrected chi connectivity index (χ1v) is 10.1. The molecule has 0 bridgehead atoms. The van der Waals surface area contributed by atoms with E-state index >= 15 is 0 Å². The minimum atomic E-state index is -0.275. The largest absolute Gasteiger partial charge is 0.353 e. The van der Waals surface area contributed by atoms with Gasteiger partial charge in [0, 0.05) is 29.2 Å². The molecule has 4 aromatic rings. The van der Waals surface area contributed by atoms with Gasteiger partial charge in [-0.1, -0.05) is 23.8 Å². The molecule has 2 aromatic heterocycles. The van der Waals surface area contributed by atoms with E-state index in [1.54, 1.807) is 18.3 Å². The molecule has 2 N–H and O–H groups in total. The molecule has 0 saturated heterocycles. The quantitative estimate of drug-likeness (QED) is 0.420. The van der Waals surface area contributed by atoms with Crippen LogP contribution in [0.2, 0.25) is 0 Å². The van der Waals surface area contributed by atoms with Crippen LogP contribution in [-0.2, 0) is 11.2 Å². The number of anilines is 1. The Bertz CT molecular complexity index is 1200. The summed E-state index contributed by atoms with van der Waals surface area (Å²) in [6, 6.07) is 16.4. The number of benzene rings is 2. The zero-order valence-corrected chi connectivity index (χ0v) is 17.1. The van der Waals surface area contributed by atoms with Crippen LogP contribution in [0.25, 0.3) is 22.3 Å². The van der Waals surface area contributed by atoms with E-state index in [1.165, 1.54) is 11.6 Å². The number of carbonyl (C=O) groups is 1. The van der Waals surface area contributed by atoms with Gasteiger partial charge in [-0.05, 0) is 74.2 Å². The zero-order valence-electron chi connectivity index (χ0n) is 17.1. The maximum atomic E-state index is 13.9. The van der Waals surface area contributed by atoms with E-state index in [1.807, 2.05) is 44.2 Å². The molecule has 4 nitrogen and oxygen atoms in total. The van der Waals surface area contributed by atoms with Crippen LogP contribution in [0, 0.1) is 19.7 Å². The van der Waals surface area contributed by atoms with Crippen LogP contribution in [0.3, 0.4) is 0 Å². The number of hydrogen-bond donors (Lipinski definition) is 2. The van der Waals surface area contributed by atoms with E-state index in [-0.39, 0.29) is 11.7 Å². The van der Waals surface area contributed by atoms with Crippen LogP contribution < -0.4 is 5.32 Å². The number of aromatic nitrogens is 2. The second-order valence-corrected chi connectivity index (χ2v) is 7.60. The van der Waals surface area contributed by atoms with Gasteiger partial charge in [-0.15, -0.1) is 0 Å². The minimum Gasteiger partial charge on any atom is -0.353 e. The van der Waals surface area contributed by atoms with Gasteiger partial charge in [-0.3, -0.25) is 9.78 Å². The van der Waals surface area contributed by atoms with Gasteiger partial charge >= 0.3 is 0 Å². The monoisotopic (exact) mass is 401 g/mol. The van der Waals surface area contributed by atoms with Gasteiger partial charge in [-0.25, -0.2) is 4.39 Å². The summed E-state index contributed by atoms with van der Waals surface area (Å²) in [5.74, 6) is -0.296. The smallest absolute Gasteiger partial charge is 0.224 e. The molecule has 0 atom stereocenters. The fourth-order valence-corrected chi connectivity index (χ4v) is 3.80. The predicted octanol–water partition coefficient (Wildman–Crippen LogP) is 5.95. The molecule has 0 fully saturated rings. The number of carbonyl (C=O) groups excluding carboxylic acids is 1. The van der Waals surface area contributed by atoms with E-state index < -0.39 is 0 Å². The zero-order chi connectivity index (χ0) is 21.1. The maximum absolute atomic E-state index is 13.9. The number of aromatic amines is 1. The van der Waals surface area contributed by atoms with Gasteiger partial charge < -0.3 is 10.3 Å². The summed E-state index contributed by atoms with van der Waals surface area (Å²) in [6.07, 6.45) is 3.43. The fourth-order valence-electron chi connectivity index (χ4n) is 3.80. The second-order valence-electron chi connectivity index (χ2n) is 7.60. The predicted molar refractivity (Wildman–Crippen MR) is 119 cm³/mol. The molecule has 0 saturated carbocycles. The van der Waals surface area contributed by atoms with Gasteiger partial charge in [0.05, 0.1) is 11.4 Å². The normalized spacial score (nSPS) is 11.0. The van der Waals surface area contributed by atoms with Gasteiger partial charge in [0.1, 0.15) is 5.82 Å². The highest BCUT2D eigenvalue weighted by atomic mass is 19.1. The minimum absolute atomic E-state index is 0.0210. The van der Waals surface area contributed by atoms with E-state index in [4.69, 9.17) is 0 Å². The molecule has 2 heterocycles. The van der Waals surface area contributed by atoms with E-state index in [0.717, 1.165) is 39.1 Å². The van der Waals surface area contributed by atoms with Crippen LogP contribution in [-0.4, -0.2) is 15.9 Å². The number of aryl methyl sites for hydroxylation is 3. The number of amides is 1. The van der Waals surface area contributed by atoms with Crippen LogP contribution in [0.4, 0.5) is 10.1 Å². The summed E-state index contributed by atoms with van der Waals surface area (Å²) in [4.78, 5) is 20.3. The van der Waals surface area contributed by atoms with Crippen molar-refractivity contribution in [2.24, 2.45) is 0 Å². The van der Waals surface area contributed by atoms with E-state index in [2.05, 4.69) is 21.4 Å². The second kappa shape index (κ2) is 8.49. The lowest BCUT2D eigenvalue weighted by Crippen LogP contribution is -2.12. The molecule has 0 aliphatic carbocycles. The summed E-state index contributed by atoms with van der Waals surface area (Å²) in [6.45, 7) is 4.02. The molecule has 1 amide bonds. The number of fused-ring (bicyclic) bond motifs is 1. The highest BCUT2D eigenvalue weighted by Gasteiger charge is 2.15. The third-order valence-corrected chi connectivity index (χ3v) is 5.28. The van der Waals surface area contributed by atoms with Crippen molar-refractivity contribution in [1.29, 1.82) is 0 Å². The van der Waals surface area contributed by atoms with E-state index in [0.29, 0.717) is 19.3 Å². The average Bonchev–Trinajstić information content (AvgIpc) is 3.08. The molecule has 30 heavy (non-hydrogen) atoms. The van der Waals surface area contributed by atoms with Crippen molar-refractivity contribution >= 4 is 22.5 Å². The van der Waals surface area contributed by atoms with Crippen molar-refractivity contribution in [3.63, 3.8) is 0 Å². The molecule has 0 unspecified atom stereocenters. The first-order valence-electron chi connectivity index (χ1n) is 10.1. The number of H-pyrrole nitrogens is 1. The third kappa shape index (κ3) is 4.25. The Balaban J connectivity index is 1.52. The Morgan fingerprint density at radius 2 is 1.97 bits per heavy atom. The van der Waals surface area contributed by atoms with Crippen molar-refractivity contribution in [3.8, 4) is 11.4 Å². The Morgan fingerprint density at radius 1 is 1.10 bits per heavy atom. The number of nitrogens with one attached hydrogen (secondary N) is 2. The summed E-state index contributed by atoms with van der Waals surface area (Å²) in [7, 11) is 0. The highest BCUT2D eigenvalue weighted by molar-refractivity contribution is 5.92. The first kappa shape index (κ1) is 19.8. The molecule has 152 valence electrons. The van der Waals surface area contributed by atoms with Crippen LogP contribution in [0.15, 0.2) is 60.8 Å². The van der Waals surface area contributed by atoms with Crippen molar-refractivity contribution < 1.29 is 9.18 Å². The number of hydrogen-bond acceptors (Lipinski definition) is 2. The summed E-state index contributed by atoms with van der Waals surface area (Å²) in [5.41, 5.74) is 6.60. The number of rotatable bonds is 6. The molecule has 0 spiro atoms. The maximum Gasteiger partial charge on any atom is 0.224 e. The lowest BCUT2D eigenvalue weighted by Gasteiger charge is -2.09. The average molecular weight is 401 g/mol. The number of nitrogens with zero attached hydrogens (tertiary/aromatic N) is 1. The number of halogens is 1. The molecule has 0 radical (unpaired) electrons. The SMILES string of the molecule is Cc1ccc(NC(=O)CCCc2c(-c3ccccn3)[nH]c3ccc(F)cc23)c(C)c1. The molecular formula is C25H24FN3O. The van der Waals surface area contributed by atoms with Crippen molar-refractivity contribution in [1.82, 2.24) is 9.97 Å². The standard InChI is InChI=1S/C25H24FN3O/c1-16-9-11-21(17(2)14-16)28-24(30)8-5-6-19-20-15-18(26)10-12-22(20)29-25(19)23-7-3-4-13-27-23/h3-4,7,9-15,29H,5-6,8H2,1-2H3,(H,28,30). The molecule has 2 aromatic carbocycles. The first-order chi connectivity index (χ1) is 14.5. The van der Waals surface area contributed by atoms with Gasteiger partial charge in [0.2, 0.25) is 5.91 Å². The van der Waals surface area contributed by atoms with E-state index in [9.17, 15) is 9.18 Å². The Labute approximate surface area is 175 Å². The highest BCUT2D eigenvalue weighted by Crippen LogP contribution is 2.31. The molecule has 0 aliphatic heterocycles. The summed E-state index contributed by atoms with van der Waals surface area (Å²) in [5, 5.41) is 3.83. The van der Waals surface area contributed by atoms with Crippen molar-refractivity contribution in [3.05, 3.63) is 83.3 Å². The lowest BCUT2D eigenvalue weighted by atomic mass is 10.0. The molecule has 5 heteroatoms. The van der Waals surface area contributed by atoms with Crippen LogP contribution >= 0.6 is 0 Å².